The molecule has 0 amide bonds. The Balaban J connectivity index is 0.00000120. The topological polar surface area (TPSA) is 51.0 Å². The number of nitrogens with two attached hydrogens (primary N) is 1. The van der Waals surface area contributed by atoms with Crippen molar-refractivity contribution in [1.29, 1.82) is 0 Å². The van der Waals surface area contributed by atoms with Gasteiger partial charge in [-0.25, -0.2) is 0 Å². The number of H-pyrrole nitrogens is 1. The average molecular weight is 267 g/mol. The maximum atomic E-state index is 6.40. The summed E-state index contributed by atoms with van der Waals surface area (Å²) in [5.41, 5.74) is 8.82. The first-order valence-electron chi connectivity index (χ1n) is 6.25. The summed E-state index contributed by atoms with van der Waals surface area (Å²) in [6, 6.07) is 8.46. The summed E-state index contributed by atoms with van der Waals surface area (Å²) in [6.45, 7) is 1.70. The molecule has 3 N–H and O–H groups in total. The minimum Gasteiger partial charge on any atom is -0.381 e. The normalized spacial score (nSPS) is 18.5. The van der Waals surface area contributed by atoms with Crippen molar-refractivity contribution in [2.24, 2.45) is 11.7 Å². The molecule has 1 fully saturated rings. The second kappa shape index (κ2) is 5.74. The van der Waals surface area contributed by atoms with Crippen LogP contribution >= 0.6 is 12.4 Å². The third-order valence-electron chi connectivity index (χ3n) is 3.75. The van der Waals surface area contributed by atoms with Crippen LogP contribution in [0.5, 0.6) is 0 Å². The maximum Gasteiger partial charge on any atom is 0.0469 e. The molecule has 1 aliphatic heterocycles. The molecule has 0 aliphatic carbocycles. The molecule has 1 aromatic carbocycles. The zero-order valence-electron chi connectivity index (χ0n) is 10.3. The fourth-order valence-corrected chi connectivity index (χ4v) is 2.70. The predicted octanol–water partition coefficient (Wildman–Crippen LogP) is 3.02. The van der Waals surface area contributed by atoms with Crippen molar-refractivity contribution < 1.29 is 4.74 Å². The van der Waals surface area contributed by atoms with Crippen molar-refractivity contribution in [1.82, 2.24) is 4.98 Å². The van der Waals surface area contributed by atoms with Crippen LogP contribution in [0.2, 0.25) is 0 Å². The van der Waals surface area contributed by atoms with E-state index < -0.39 is 0 Å². The second-order valence-electron chi connectivity index (χ2n) is 4.77. The van der Waals surface area contributed by atoms with Crippen LogP contribution in [0.1, 0.15) is 24.4 Å². The second-order valence-corrected chi connectivity index (χ2v) is 4.77. The quantitative estimate of drug-likeness (QED) is 0.878. The lowest BCUT2D eigenvalue weighted by molar-refractivity contribution is 0.0585. The van der Waals surface area contributed by atoms with Crippen molar-refractivity contribution in [2.45, 2.75) is 18.9 Å². The first-order valence-corrected chi connectivity index (χ1v) is 6.25. The monoisotopic (exact) mass is 266 g/mol. The summed E-state index contributed by atoms with van der Waals surface area (Å²) >= 11 is 0. The molecule has 0 radical (unpaired) electrons. The lowest BCUT2D eigenvalue weighted by Gasteiger charge is -2.27. The highest BCUT2D eigenvalue weighted by Crippen LogP contribution is 2.32. The van der Waals surface area contributed by atoms with E-state index in [1.807, 2.05) is 6.07 Å². The van der Waals surface area contributed by atoms with Crippen LogP contribution in [0.3, 0.4) is 0 Å². The molecule has 1 saturated heterocycles. The number of hydrogen-bond donors (Lipinski definition) is 2. The molecule has 3 rings (SSSR count). The van der Waals surface area contributed by atoms with E-state index >= 15 is 0 Å². The zero-order chi connectivity index (χ0) is 11.7. The highest BCUT2D eigenvalue weighted by molar-refractivity contribution is 5.85. The van der Waals surface area contributed by atoms with Crippen LogP contribution in [-0.2, 0) is 4.74 Å². The van der Waals surface area contributed by atoms with E-state index in [0.717, 1.165) is 26.1 Å². The Bertz CT molecular complexity index is 505. The summed E-state index contributed by atoms with van der Waals surface area (Å²) in [4.78, 5) is 3.30. The average Bonchev–Trinajstić information content (AvgIpc) is 2.83. The highest BCUT2D eigenvalue weighted by Gasteiger charge is 2.23. The number of halogens is 1. The molecule has 2 heterocycles. The number of para-hydroxylation sites is 1. The van der Waals surface area contributed by atoms with Gasteiger partial charge < -0.3 is 15.5 Å². The molecule has 18 heavy (non-hydrogen) atoms. The molecule has 0 saturated carbocycles. The number of fused-ring (bicyclic) bond motifs is 1. The number of benzene rings is 1. The number of rotatable bonds is 2. The predicted molar refractivity (Wildman–Crippen MR) is 76.0 cm³/mol. The summed E-state index contributed by atoms with van der Waals surface area (Å²) < 4.78 is 5.39. The van der Waals surface area contributed by atoms with Gasteiger partial charge in [-0.15, -0.1) is 12.4 Å². The smallest absolute Gasteiger partial charge is 0.0469 e. The minimum absolute atomic E-state index is 0. The standard InChI is InChI=1S/C14H18N2O.ClH/c15-14(10-5-7-17-8-6-10)12-9-16-13-4-2-1-3-11(12)13;/h1-4,9-10,14,16H,5-8,15H2;1H/t14-;/m0./s1. The molecule has 0 bridgehead atoms. The van der Waals surface area contributed by atoms with Gasteiger partial charge in [0.1, 0.15) is 0 Å². The van der Waals surface area contributed by atoms with Gasteiger partial charge in [0, 0.05) is 36.4 Å². The van der Waals surface area contributed by atoms with E-state index in [2.05, 4.69) is 29.4 Å². The van der Waals surface area contributed by atoms with Crippen LogP contribution < -0.4 is 5.73 Å². The van der Waals surface area contributed by atoms with Gasteiger partial charge >= 0.3 is 0 Å². The Morgan fingerprint density at radius 2 is 1.94 bits per heavy atom. The van der Waals surface area contributed by atoms with E-state index in [4.69, 9.17) is 10.5 Å². The fraction of sp³-hybridized carbons (Fsp3) is 0.429. The Kier molecular flexibility index (Phi) is 4.27. The Morgan fingerprint density at radius 1 is 1.22 bits per heavy atom. The number of ether oxygens (including phenoxy) is 1. The Morgan fingerprint density at radius 3 is 2.72 bits per heavy atom. The number of hydrogen-bond acceptors (Lipinski definition) is 2. The number of aromatic nitrogens is 1. The number of nitrogens with one attached hydrogen (secondary N) is 1. The van der Waals surface area contributed by atoms with E-state index in [9.17, 15) is 0 Å². The lowest BCUT2D eigenvalue weighted by Crippen LogP contribution is -2.27. The first kappa shape index (κ1) is 13.4. The van der Waals surface area contributed by atoms with Gasteiger partial charge in [0.05, 0.1) is 0 Å². The van der Waals surface area contributed by atoms with Gasteiger partial charge in [-0.2, -0.15) is 0 Å². The van der Waals surface area contributed by atoms with E-state index in [-0.39, 0.29) is 18.4 Å². The molecule has 4 heteroatoms. The van der Waals surface area contributed by atoms with Crippen LogP contribution in [0.15, 0.2) is 30.5 Å². The summed E-state index contributed by atoms with van der Waals surface area (Å²) in [6.07, 6.45) is 4.20. The third-order valence-corrected chi connectivity index (χ3v) is 3.75. The minimum atomic E-state index is 0. The molecule has 1 aromatic heterocycles. The molecule has 3 nitrogen and oxygen atoms in total. The van der Waals surface area contributed by atoms with Crippen LogP contribution in [0.4, 0.5) is 0 Å². The molecule has 98 valence electrons. The summed E-state index contributed by atoms with van der Waals surface area (Å²) in [5, 5.41) is 1.26. The van der Waals surface area contributed by atoms with Crippen molar-refractivity contribution in [2.75, 3.05) is 13.2 Å². The fourth-order valence-electron chi connectivity index (χ4n) is 2.70. The molecule has 0 spiro atoms. The van der Waals surface area contributed by atoms with E-state index in [1.54, 1.807) is 0 Å². The van der Waals surface area contributed by atoms with Gasteiger partial charge in [-0.05, 0) is 30.4 Å². The molecule has 1 aliphatic rings. The van der Waals surface area contributed by atoms with Crippen LogP contribution in [-0.4, -0.2) is 18.2 Å². The third kappa shape index (κ3) is 2.39. The molecule has 0 unspecified atom stereocenters. The van der Waals surface area contributed by atoms with Crippen molar-refractivity contribution >= 4 is 23.3 Å². The van der Waals surface area contributed by atoms with Gasteiger partial charge in [0.15, 0.2) is 0 Å². The largest absolute Gasteiger partial charge is 0.381 e. The summed E-state index contributed by atoms with van der Waals surface area (Å²) in [7, 11) is 0. The van der Waals surface area contributed by atoms with Crippen molar-refractivity contribution in [3.05, 3.63) is 36.0 Å². The SMILES string of the molecule is Cl.N[C@H](c1c[nH]c2ccccc12)C1CCOCC1. The van der Waals surface area contributed by atoms with Crippen LogP contribution in [0.25, 0.3) is 10.9 Å². The van der Waals surface area contributed by atoms with E-state index in [1.165, 1.54) is 16.5 Å². The van der Waals surface area contributed by atoms with E-state index in [0.29, 0.717) is 5.92 Å². The van der Waals surface area contributed by atoms with Gasteiger partial charge in [0.2, 0.25) is 0 Å². The molecular formula is C14H19ClN2O. The summed E-state index contributed by atoms with van der Waals surface area (Å²) in [5.74, 6) is 0.544. The Hall–Kier alpha value is -1.03. The maximum absolute atomic E-state index is 6.40. The first-order chi connectivity index (χ1) is 8.36. The lowest BCUT2D eigenvalue weighted by atomic mass is 9.88. The molecular weight excluding hydrogens is 248 g/mol. The van der Waals surface area contributed by atoms with Gasteiger partial charge in [-0.3, -0.25) is 0 Å². The van der Waals surface area contributed by atoms with Crippen molar-refractivity contribution in [3.8, 4) is 0 Å². The number of aromatic amines is 1. The van der Waals surface area contributed by atoms with Crippen molar-refractivity contribution in [3.63, 3.8) is 0 Å². The molecule has 1 atom stereocenters. The van der Waals surface area contributed by atoms with Crippen LogP contribution in [0, 0.1) is 5.92 Å². The highest BCUT2D eigenvalue weighted by atomic mass is 35.5. The zero-order valence-corrected chi connectivity index (χ0v) is 11.1. The van der Waals surface area contributed by atoms with Gasteiger partial charge in [0.25, 0.3) is 0 Å². The Labute approximate surface area is 113 Å². The van der Waals surface area contributed by atoms with Gasteiger partial charge in [-0.1, -0.05) is 18.2 Å². The molecule has 2 aromatic rings.